The van der Waals surface area contributed by atoms with Crippen LogP contribution in [-0.2, 0) is 0 Å². The van der Waals surface area contributed by atoms with E-state index in [2.05, 4.69) is 0 Å². The quantitative estimate of drug-likeness (QED) is 0.722. The Kier molecular flexibility index (Phi) is 3.44. The lowest BCUT2D eigenvalue weighted by Crippen LogP contribution is -2.46. The Bertz CT molecular complexity index is 508. The van der Waals surface area contributed by atoms with E-state index >= 15 is 0 Å². The average Bonchev–Trinajstić information content (AvgIpc) is 2.64. The van der Waals surface area contributed by atoms with Crippen LogP contribution in [0.25, 0.3) is 0 Å². The van der Waals surface area contributed by atoms with Crippen LogP contribution in [0.5, 0.6) is 0 Å². The number of piperidine rings is 1. The molecule has 0 aromatic heterocycles. The molecule has 0 aliphatic carbocycles. The summed E-state index contributed by atoms with van der Waals surface area (Å²) in [5.41, 5.74) is 0.367. The van der Waals surface area contributed by atoms with Crippen LogP contribution in [0.1, 0.15) is 36.0 Å². The zero-order valence-corrected chi connectivity index (χ0v) is 11.8. The Morgan fingerprint density at radius 1 is 1.26 bits per heavy atom. The van der Waals surface area contributed by atoms with Crippen molar-refractivity contribution < 1.29 is 9.18 Å². The van der Waals surface area contributed by atoms with Crippen molar-refractivity contribution in [1.82, 2.24) is 4.90 Å². The highest BCUT2D eigenvalue weighted by Crippen LogP contribution is 2.38. The zero-order chi connectivity index (χ0) is 13.6. The molecule has 102 valence electrons. The number of alkyl halides is 1. The summed E-state index contributed by atoms with van der Waals surface area (Å²) in [6, 6.07) is 4.64. The lowest BCUT2D eigenvalue weighted by Gasteiger charge is -2.37. The third-order valence-electron chi connectivity index (χ3n) is 4.08. The van der Waals surface area contributed by atoms with Crippen molar-refractivity contribution in [3.05, 3.63) is 34.6 Å². The van der Waals surface area contributed by atoms with Gasteiger partial charge in [0.05, 0.1) is 5.02 Å². The molecule has 19 heavy (non-hydrogen) atoms. The minimum atomic E-state index is -0.549. The van der Waals surface area contributed by atoms with Gasteiger partial charge in [-0.2, -0.15) is 0 Å². The molecular weight excluding hydrogens is 288 g/mol. The van der Waals surface area contributed by atoms with Gasteiger partial charge in [-0.25, -0.2) is 4.39 Å². The second-order valence-electron chi connectivity index (χ2n) is 5.29. The molecule has 1 aromatic rings. The summed E-state index contributed by atoms with van der Waals surface area (Å²) in [5.74, 6) is -0.654. The fourth-order valence-electron chi connectivity index (χ4n) is 3.22. The maximum Gasteiger partial charge on any atom is 0.254 e. The van der Waals surface area contributed by atoms with Crippen molar-refractivity contribution in [2.75, 3.05) is 0 Å². The predicted molar refractivity (Wildman–Crippen MR) is 73.3 cm³/mol. The molecular formula is C14H14Cl2FNO. The second kappa shape index (κ2) is 4.95. The van der Waals surface area contributed by atoms with E-state index in [4.69, 9.17) is 23.2 Å². The van der Waals surface area contributed by atoms with Gasteiger partial charge in [0.25, 0.3) is 5.91 Å². The van der Waals surface area contributed by atoms with Gasteiger partial charge in [0, 0.05) is 23.0 Å². The standard InChI is InChI=1S/C14H14Cl2FNO/c15-9-6-10-2-3-11(7-9)18(10)14(19)8-1-4-12(16)13(17)5-8/h1,4-5,9-11H,2-3,6-7H2. The Labute approximate surface area is 121 Å². The third kappa shape index (κ3) is 2.34. The Balaban J connectivity index is 1.86. The van der Waals surface area contributed by atoms with Gasteiger partial charge in [-0.15, -0.1) is 11.6 Å². The number of carbonyl (C=O) groups excluding carboxylic acids is 1. The first-order chi connectivity index (χ1) is 9.06. The number of nitrogens with zero attached hydrogens (tertiary/aromatic N) is 1. The summed E-state index contributed by atoms with van der Waals surface area (Å²) < 4.78 is 13.5. The van der Waals surface area contributed by atoms with E-state index in [1.807, 2.05) is 4.90 Å². The minimum Gasteiger partial charge on any atom is -0.333 e. The van der Waals surface area contributed by atoms with E-state index in [-0.39, 0.29) is 28.4 Å². The zero-order valence-electron chi connectivity index (χ0n) is 10.3. The van der Waals surface area contributed by atoms with Crippen LogP contribution < -0.4 is 0 Å². The van der Waals surface area contributed by atoms with Gasteiger partial charge < -0.3 is 4.90 Å². The molecule has 2 unspecified atom stereocenters. The first-order valence-corrected chi connectivity index (χ1v) is 7.29. The van der Waals surface area contributed by atoms with E-state index in [1.165, 1.54) is 12.1 Å². The van der Waals surface area contributed by atoms with Crippen molar-refractivity contribution in [1.29, 1.82) is 0 Å². The summed E-state index contributed by atoms with van der Waals surface area (Å²) in [6.45, 7) is 0. The number of carbonyl (C=O) groups is 1. The van der Waals surface area contributed by atoms with Crippen LogP contribution in [0.4, 0.5) is 4.39 Å². The molecule has 2 heterocycles. The van der Waals surface area contributed by atoms with E-state index in [9.17, 15) is 9.18 Å². The number of fused-ring (bicyclic) bond motifs is 2. The lowest BCUT2D eigenvalue weighted by atomic mass is 10.0. The molecule has 0 N–H and O–H groups in total. The molecule has 2 bridgehead atoms. The number of benzene rings is 1. The highest BCUT2D eigenvalue weighted by atomic mass is 35.5. The van der Waals surface area contributed by atoms with E-state index in [0.29, 0.717) is 5.56 Å². The molecule has 3 rings (SSSR count). The topological polar surface area (TPSA) is 20.3 Å². The van der Waals surface area contributed by atoms with Crippen molar-refractivity contribution >= 4 is 29.1 Å². The SMILES string of the molecule is O=C(c1ccc(Cl)c(F)c1)N1C2CCC1CC(Cl)C2. The molecule has 2 aliphatic heterocycles. The van der Waals surface area contributed by atoms with Crippen molar-refractivity contribution in [2.24, 2.45) is 0 Å². The van der Waals surface area contributed by atoms with Gasteiger partial charge in [-0.1, -0.05) is 11.6 Å². The Hall–Kier alpha value is -0.800. The summed E-state index contributed by atoms with van der Waals surface area (Å²) in [7, 11) is 0. The highest BCUT2D eigenvalue weighted by molar-refractivity contribution is 6.30. The number of hydrogen-bond acceptors (Lipinski definition) is 1. The van der Waals surface area contributed by atoms with Crippen LogP contribution in [0.15, 0.2) is 18.2 Å². The molecule has 1 aromatic carbocycles. The van der Waals surface area contributed by atoms with Gasteiger partial charge in [0.2, 0.25) is 0 Å². The van der Waals surface area contributed by atoms with Crippen LogP contribution in [0.2, 0.25) is 5.02 Å². The van der Waals surface area contributed by atoms with Crippen LogP contribution in [-0.4, -0.2) is 28.3 Å². The number of rotatable bonds is 1. The van der Waals surface area contributed by atoms with Gasteiger partial charge in [0.1, 0.15) is 5.82 Å². The van der Waals surface area contributed by atoms with E-state index in [1.54, 1.807) is 6.07 Å². The van der Waals surface area contributed by atoms with Crippen molar-refractivity contribution in [3.8, 4) is 0 Å². The molecule has 2 saturated heterocycles. The maximum absolute atomic E-state index is 13.5. The monoisotopic (exact) mass is 301 g/mol. The Morgan fingerprint density at radius 2 is 1.89 bits per heavy atom. The first-order valence-electron chi connectivity index (χ1n) is 6.48. The summed E-state index contributed by atoms with van der Waals surface area (Å²) in [6.07, 6.45) is 3.66. The normalized spacial score (nSPS) is 29.6. The first kappa shape index (κ1) is 13.2. The molecule has 2 fully saturated rings. The summed E-state index contributed by atoms with van der Waals surface area (Å²) in [4.78, 5) is 14.4. The lowest BCUT2D eigenvalue weighted by molar-refractivity contribution is 0.0599. The fourth-order valence-corrected chi connectivity index (χ4v) is 3.75. The largest absolute Gasteiger partial charge is 0.333 e. The number of hydrogen-bond donors (Lipinski definition) is 0. The molecule has 1 amide bonds. The Morgan fingerprint density at radius 3 is 2.47 bits per heavy atom. The molecule has 2 nitrogen and oxygen atoms in total. The molecule has 0 spiro atoms. The third-order valence-corrected chi connectivity index (χ3v) is 4.74. The maximum atomic E-state index is 13.5. The average molecular weight is 302 g/mol. The number of halogens is 3. The molecule has 0 radical (unpaired) electrons. The minimum absolute atomic E-state index is 0.0407. The highest BCUT2D eigenvalue weighted by Gasteiger charge is 2.42. The van der Waals surface area contributed by atoms with Crippen LogP contribution in [0, 0.1) is 5.82 Å². The molecule has 5 heteroatoms. The van der Waals surface area contributed by atoms with E-state index in [0.717, 1.165) is 25.7 Å². The van der Waals surface area contributed by atoms with Gasteiger partial charge in [0.15, 0.2) is 0 Å². The second-order valence-corrected chi connectivity index (χ2v) is 6.32. The summed E-state index contributed by atoms with van der Waals surface area (Å²) >= 11 is 11.8. The molecule has 2 aliphatic rings. The van der Waals surface area contributed by atoms with E-state index < -0.39 is 5.82 Å². The van der Waals surface area contributed by atoms with Gasteiger partial charge in [-0.05, 0) is 43.9 Å². The molecule has 0 saturated carbocycles. The van der Waals surface area contributed by atoms with Gasteiger partial charge >= 0.3 is 0 Å². The predicted octanol–water partition coefficient (Wildman–Crippen LogP) is 3.85. The summed E-state index contributed by atoms with van der Waals surface area (Å²) in [5, 5.41) is 0.197. The van der Waals surface area contributed by atoms with Crippen LogP contribution >= 0.6 is 23.2 Å². The fraction of sp³-hybridized carbons (Fsp3) is 0.500. The van der Waals surface area contributed by atoms with Crippen molar-refractivity contribution in [3.63, 3.8) is 0 Å². The van der Waals surface area contributed by atoms with Crippen molar-refractivity contribution in [2.45, 2.75) is 43.1 Å². The van der Waals surface area contributed by atoms with Gasteiger partial charge in [-0.3, -0.25) is 4.79 Å². The molecule has 2 atom stereocenters. The number of amides is 1. The van der Waals surface area contributed by atoms with Crippen LogP contribution in [0.3, 0.4) is 0 Å². The smallest absolute Gasteiger partial charge is 0.254 e.